The number of aromatic hydroxyl groups is 1. The normalized spacial score (nSPS) is 23.3. The number of carbonyl (C=O) groups is 2. The number of hydrogen-bond donors (Lipinski definition) is 1. The van der Waals surface area contributed by atoms with E-state index in [9.17, 15) is 14.7 Å². The van der Waals surface area contributed by atoms with Crippen molar-refractivity contribution < 1.29 is 23.9 Å². The van der Waals surface area contributed by atoms with Crippen LogP contribution in [0.5, 0.6) is 5.75 Å². The Balaban J connectivity index is 1.37. The third-order valence-corrected chi connectivity index (χ3v) is 15.5. The first-order valence-electron chi connectivity index (χ1n) is 16.9. The molecule has 0 radical (unpaired) electrons. The highest BCUT2D eigenvalue weighted by atomic mass is 28.4. The fourth-order valence-corrected chi connectivity index (χ4v) is 12.7. The van der Waals surface area contributed by atoms with Crippen molar-refractivity contribution in [3.8, 4) is 5.75 Å². The quantitative estimate of drug-likeness (QED) is 0.154. The number of hydrogen-bond acceptors (Lipinski definition) is 5. The molecule has 0 aromatic heterocycles. The molecule has 3 aliphatic rings. The molecule has 0 unspecified atom stereocenters. The zero-order valence-electron chi connectivity index (χ0n) is 28.2. The van der Waals surface area contributed by atoms with Crippen molar-refractivity contribution >= 4 is 36.6 Å². The van der Waals surface area contributed by atoms with Crippen molar-refractivity contribution in [1.82, 2.24) is 4.90 Å². The molecule has 4 atom stereocenters. The van der Waals surface area contributed by atoms with Gasteiger partial charge in [-0.3, -0.25) is 14.5 Å². The van der Waals surface area contributed by atoms with Crippen LogP contribution >= 0.6 is 0 Å². The molecule has 2 heterocycles. The minimum atomic E-state index is -2.83. The Morgan fingerprint density at radius 3 is 2.13 bits per heavy atom. The van der Waals surface area contributed by atoms with Crippen molar-refractivity contribution in [2.75, 3.05) is 20.3 Å². The molecular weight excluding hydrogens is 603 g/mol. The van der Waals surface area contributed by atoms with Crippen molar-refractivity contribution in [3.05, 3.63) is 107 Å². The van der Waals surface area contributed by atoms with E-state index in [0.29, 0.717) is 19.6 Å². The lowest BCUT2D eigenvalue weighted by Crippen LogP contribution is -2.66. The van der Waals surface area contributed by atoms with Crippen LogP contribution in [0.15, 0.2) is 102 Å². The topological polar surface area (TPSA) is 76.1 Å². The Morgan fingerprint density at radius 1 is 0.936 bits per heavy atom. The molecule has 47 heavy (non-hydrogen) atoms. The van der Waals surface area contributed by atoms with E-state index in [4.69, 9.17) is 9.16 Å². The standard InChI is InChI=1S/C40H47NO5Si/c1-6-27(23-28-17-20-30(42)21-18-28)19-22-35-36-29(24-33-37(34(36)26-45-35)39(44)41(5)38(33)43)25-46-47(40(2,3)4,31-13-9-7-10-14-31)32-15-11-8-12-16-32/h7-18,20-21,23,33-35,37,42H,6,19,22,24-26H2,1-5H3/b27-23+/t33-,34+,35-,37-/m1/s1. The summed E-state index contributed by atoms with van der Waals surface area (Å²) in [6.07, 6.45) is 5.12. The number of amides is 2. The molecule has 2 aliphatic heterocycles. The summed E-state index contributed by atoms with van der Waals surface area (Å²) in [5.41, 5.74) is 4.67. The molecule has 0 spiro atoms. The van der Waals surface area contributed by atoms with Crippen LogP contribution in [0.2, 0.25) is 5.04 Å². The minimum absolute atomic E-state index is 0.0832. The van der Waals surface area contributed by atoms with Crippen molar-refractivity contribution in [2.24, 2.45) is 17.8 Å². The molecule has 7 heteroatoms. The van der Waals surface area contributed by atoms with Gasteiger partial charge >= 0.3 is 0 Å². The van der Waals surface area contributed by atoms with E-state index in [-0.39, 0.29) is 46.5 Å². The number of fused-ring (bicyclic) bond motifs is 3. The van der Waals surface area contributed by atoms with Crippen molar-refractivity contribution in [3.63, 3.8) is 0 Å². The van der Waals surface area contributed by atoms with E-state index in [2.05, 4.69) is 82.3 Å². The van der Waals surface area contributed by atoms with Gasteiger partial charge in [-0.25, -0.2) is 0 Å². The summed E-state index contributed by atoms with van der Waals surface area (Å²) in [7, 11) is -1.21. The summed E-state index contributed by atoms with van der Waals surface area (Å²) in [5.74, 6) is -0.782. The van der Waals surface area contributed by atoms with Crippen LogP contribution in [-0.4, -0.2) is 56.5 Å². The number of rotatable bonds is 10. The maximum Gasteiger partial charge on any atom is 0.261 e. The summed E-state index contributed by atoms with van der Waals surface area (Å²) in [5, 5.41) is 12.0. The molecule has 1 aliphatic carbocycles. The van der Waals surface area contributed by atoms with Gasteiger partial charge in [0.05, 0.1) is 31.2 Å². The summed E-state index contributed by atoms with van der Waals surface area (Å²) < 4.78 is 14.0. The van der Waals surface area contributed by atoms with E-state index >= 15 is 0 Å². The molecule has 1 N–H and O–H groups in total. The van der Waals surface area contributed by atoms with E-state index < -0.39 is 8.32 Å². The van der Waals surface area contributed by atoms with E-state index in [0.717, 1.165) is 30.4 Å². The molecule has 2 amide bonds. The maximum atomic E-state index is 13.4. The predicted molar refractivity (Wildman–Crippen MR) is 189 cm³/mol. The third kappa shape index (κ3) is 6.17. The summed E-state index contributed by atoms with van der Waals surface area (Å²) >= 11 is 0. The van der Waals surface area contributed by atoms with Gasteiger partial charge in [-0.15, -0.1) is 0 Å². The largest absolute Gasteiger partial charge is 0.508 e. The van der Waals surface area contributed by atoms with Gasteiger partial charge < -0.3 is 14.3 Å². The number of phenols is 1. The van der Waals surface area contributed by atoms with Gasteiger partial charge in [0.1, 0.15) is 5.75 Å². The molecule has 246 valence electrons. The smallest absolute Gasteiger partial charge is 0.261 e. The lowest BCUT2D eigenvalue weighted by molar-refractivity contribution is -0.138. The van der Waals surface area contributed by atoms with Crippen LogP contribution < -0.4 is 10.4 Å². The number of phenolic OH excluding ortho intramolecular Hbond substituents is 1. The number of allylic oxidation sites excluding steroid dienone is 1. The molecule has 0 saturated carbocycles. The highest BCUT2D eigenvalue weighted by Crippen LogP contribution is 2.50. The first-order valence-corrected chi connectivity index (χ1v) is 18.8. The maximum absolute atomic E-state index is 13.4. The van der Waals surface area contributed by atoms with Crippen LogP contribution in [-0.2, 0) is 18.8 Å². The average molecular weight is 650 g/mol. The van der Waals surface area contributed by atoms with Gasteiger partial charge in [0.15, 0.2) is 0 Å². The molecule has 2 saturated heterocycles. The lowest BCUT2D eigenvalue weighted by atomic mass is 9.69. The van der Waals surface area contributed by atoms with Gasteiger partial charge in [0.25, 0.3) is 8.32 Å². The highest BCUT2D eigenvalue weighted by Gasteiger charge is 2.57. The van der Waals surface area contributed by atoms with Crippen LogP contribution in [0.25, 0.3) is 6.08 Å². The first-order chi connectivity index (χ1) is 22.5. The third-order valence-electron chi connectivity index (χ3n) is 10.6. The lowest BCUT2D eigenvalue weighted by Gasteiger charge is -2.44. The van der Waals surface area contributed by atoms with Gasteiger partial charge in [-0.1, -0.05) is 112 Å². The molecule has 3 aromatic carbocycles. The fraction of sp³-hybridized carbons (Fsp3) is 0.400. The van der Waals surface area contributed by atoms with Gasteiger partial charge in [0.2, 0.25) is 11.8 Å². The van der Waals surface area contributed by atoms with Crippen LogP contribution in [0.1, 0.15) is 58.9 Å². The molecule has 0 bridgehead atoms. The monoisotopic (exact) mass is 649 g/mol. The number of benzene rings is 3. The molecule has 6 nitrogen and oxygen atoms in total. The summed E-state index contributed by atoms with van der Waals surface area (Å²) in [4.78, 5) is 28.2. The van der Waals surface area contributed by atoms with Crippen LogP contribution in [0, 0.1) is 17.8 Å². The molecular formula is C40H47NO5Si. The van der Waals surface area contributed by atoms with Gasteiger partial charge in [-0.2, -0.15) is 0 Å². The van der Waals surface area contributed by atoms with Crippen molar-refractivity contribution in [1.29, 1.82) is 0 Å². The second kappa shape index (κ2) is 13.4. The second-order valence-electron chi connectivity index (χ2n) is 14.3. The second-order valence-corrected chi connectivity index (χ2v) is 18.6. The van der Waals surface area contributed by atoms with E-state index in [1.165, 1.54) is 26.4 Å². The zero-order chi connectivity index (χ0) is 33.3. The van der Waals surface area contributed by atoms with Crippen molar-refractivity contribution in [2.45, 2.75) is 64.5 Å². The number of carbonyl (C=O) groups excluding carboxylic acids is 2. The average Bonchev–Trinajstić information content (AvgIpc) is 3.59. The Hall–Kier alpha value is -3.78. The molecule has 6 rings (SSSR count). The Kier molecular flexibility index (Phi) is 9.43. The minimum Gasteiger partial charge on any atom is -0.508 e. The first kappa shape index (κ1) is 33.1. The number of imide groups is 1. The molecule has 2 fully saturated rings. The van der Waals surface area contributed by atoms with Gasteiger partial charge in [0, 0.05) is 13.0 Å². The van der Waals surface area contributed by atoms with E-state index in [1.807, 2.05) is 24.3 Å². The van der Waals surface area contributed by atoms with Crippen LogP contribution in [0.3, 0.4) is 0 Å². The van der Waals surface area contributed by atoms with Gasteiger partial charge in [-0.05, 0) is 69.9 Å². The SMILES string of the molecule is CC/C(=C\c1ccc(O)cc1)CC[C@H]1OC[C@H]2C1=C(CO[Si](c1ccccc1)(c1ccccc1)C(C)(C)C)C[C@H]1C(=O)N(C)C(=O)[C@H]12. The Bertz CT molecular complexity index is 1620. The zero-order valence-corrected chi connectivity index (χ0v) is 29.2. The molecule has 3 aromatic rings. The highest BCUT2D eigenvalue weighted by molar-refractivity contribution is 6.99. The summed E-state index contributed by atoms with van der Waals surface area (Å²) in [6.45, 7) is 9.84. The number of likely N-dealkylation sites (tertiary alicyclic amines) is 1. The fourth-order valence-electron chi connectivity index (χ4n) is 8.19. The van der Waals surface area contributed by atoms with Crippen LogP contribution in [0.4, 0.5) is 0 Å². The Labute approximate surface area is 280 Å². The van der Waals surface area contributed by atoms with E-state index in [1.54, 1.807) is 19.2 Å². The number of ether oxygens (including phenoxy) is 1. The number of nitrogens with zero attached hydrogens (tertiary/aromatic N) is 1. The Morgan fingerprint density at radius 2 is 1.55 bits per heavy atom. The predicted octanol–water partition coefficient (Wildman–Crippen LogP) is 6.49. The summed E-state index contributed by atoms with van der Waals surface area (Å²) in [6, 6.07) is 28.5.